The normalized spacial score (nSPS) is 14.2. The number of hydrogen-bond donors (Lipinski definition) is 1. The van der Waals surface area contributed by atoms with Gasteiger partial charge in [-0.25, -0.2) is 4.39 Å². The van der Waals surface area contributed by atoms with Crippen LogP contribution in [0.1, 0.15) is 28.9 Å². The quantitative estimate of drug-likeness (QED) is 0.766. The monoisotopic (exact) mass is 351 g/mol. The number of fused-ring (bicyclic) bond motifs is 1. The first-order chi connectivity index (χ1) is 12.6. The number of hydrogen-bond acceptors (Lipinski definition) is 2. The molecule has 1 aromatic heterocycles. The predicted octanol–water partition coefficient (Wildman–Crippen LogP) is 4.18. The number of nitrogens with zero attached hydrogens (tertiary/aromatic N) is 2. The van der Waals surface area contributed by atoms with Gasteiger partial charge in [-0.3, -0.25) is 4.79 Å². The molecule has 3 aromatic rings. The van der Waals surface area contributed by atoms with E-state index in [1.54, 1.807) is 30.1 Å². The van der Waals surface area contributed by atoms with Gasteiger partial charge in [-0.15, -0.1) is 0 Å². The summed E-state index contributed by atoms with van der Waals surface area (Å²) in [5.74, 6) is -0.461. The van der Waals surface area contributed by atoms with Crippen molar-refractivity contribution in [3.05, 3.63) is 65.6 Å². The van der Waals surface area contributed by atoms with Crippen LogP contribution >= 0.6 is 0 Å². The van der Waals surface area contributed by atoms with Crippen molar-refractivity contribution in [2.75, 3.05) is 25.0 Å². The lowest BCUT2D eigenvalue weighted by Gasteiger charge is -2.24. The molecule has 1 amide bonds. The molecule has 4 nitrogen and oxygen atoms in total. The Morgan fingerprint density at radius 1 is 1.15 bits per heavy atom. The van der Waals surface area contributed by atoms with Crippen LogP contribution in [0, 0.1) is 5.82 Å². The number of amides is 1. The summed E-state index contributed by atoms with van der Waals surface area (Å²) >= 11 is 0. The lowest BCUT2D eigenvalue weighted by Crippen LogP contribution is -2.28. The van der Waals surface area contributed by atoms with E-state index in [9.17, 15) is 9.18 Å². The lowest BCUT2D eigenvalue weighted by molar-refractivity contribution is 0.0780. The van der Waals surface area contributed by atoms with E-state index in [1.807, 2.05) is 12.1 Å². The van der Waals surface area contributed by atoms with Gasteiger partial charge in [0.2, 0.25) is 0 Å². The lowest BCUT2D eigenvalue weighted by atomic mass is 10.1. The number of halogens is 1. The summed E-state index contributed by atoms with van der Waals surface area (Å²) in [6, 6.07) is 14.6. The van der Waals surface area contributed by atoms with Gasteiger partial charge in [0.25, 0.3) is 5.91 Å². The van der Waals surface area contributed by atoms with Gasteiger partial charge < -0.3 is 14.8 Å². The summed E-state index contributed by atoms with van der Waals surface area (Å²) in [5, 5.41) is 0.446. The first-order valence-electron chi connectivity index (χ1n) is 8.99. The maximum atomic E-state index is 13.9. The molecule has 0 aliphatic carbocycles. The molecule has 2 heterocycles. The zero-order valence-corrected chi connectivity index (χ0v) is 14.8. The molecule has 0 atom stereocenters. The number of carbonyl (C=O) groups is 1. The third-order valence-corrected chi connectivity index (χ3v) is 5.03. The number of H-pyrrole nitrogens is 1. The van der Waals surface area contributed by atoms with Crippen LogP contribution in [-0.2, 0) is 6.54 Å². The first-order valence-corrected chi connectivity index (χ1v) is 8.99. The third kappa shape index (κ3) is 3.05. The van der Waals surface area contributed by atoms with Gasteiger partial charge in [0.05, 0.1) is 0 Å². The van der Waals surface area contributed by atoms with Gasteiger partial charge in [0.15, 0.2) is 0 Å². The molecule has 0 saturated carbocycles. The Kier molecular flexibility index (Phi) is 4.37. The van der Waals surface area contributed by atoms with Gasteiger partial charge in [-0.2, -0.15) is 0 Å². The topological polar surface area (TPSA) is 39.3 Å². The van der Waals surface area contributed by atoms with E-state index in [-0.39, 0.29) is 11.7 Å². The number of nitrogens with one attached hydrogen (secondary N) is 1. The molecule has 1 aliphatic rings. The smallest absolute Gasteiger partial charge is 0.270 e. The molecule has 1 N–H and O–H groups in total. The van der Waals surface area contributed by atoms with Crippen LogP contribution in [0.2, 0.25) is 0 Å². The average Bonchev–Trinajstić information content (AvgIpc) is 3.32. The highest BCUT2D eigenvalue weighted by Crippen LogP contribution is 2.26. The van der Waals surface area contributed by atoms with Crippen LogP contribution in [0.5, 0.6) is 0 Å². The maximum absolute atomic E-state index is 13.9. The summed E-state index contributed by atoms with van der Waals surface area (Å²) in [6.07, 6.45) is 2.42. The van der Waals surface area contributed by atoms with Crippen LogP contribution in [0.15, 0.2) is 48.5 Å². The minimum absolute atomic E-state index is 0.142. The number of benzene rings is 2. The SMILES string of the molecule is CN(Cc1ccccc1N1CCCC1)C(=O)c1cc2c(F)cccc2[nH]1. The van der Waals surface area contributed by atoms with Crippen LogP contribution < -0.4 is 4.90 Å². The standard InChI is InChI=1S/C21H22FN3O/c1-24(14-15-7-2-3-10-20(15)25-11-4-5-12-25)21(26)19-13-16-17(22)8-6-9-18(16)23-19/h2-3,6-10,13,23H,4-5,11-12,14H2,1H3. The Bertz CT molecular complexity index is 943. The summed E-state index contributed by atoms with van der Waals surface area (Å²) in [4.78, 5) is 19.9. The first kappa shape index (κ1) is 16.6. The molecule has 0 unspecified atom stereocenters. The molecule has 4 rings (SSSR count). The van der Waals surface area contributed by atoms with E-state index in [0.717, 1.165) is 18.7 Å². The van der Waals surface area contributed by atoms with Gasteiger partial charge in [-0.1, -0.05) is 24.3 Å². The number of carbonyl (C=O) groups excluding carboxylic acids is 1. The van der Waals surface area contributed by atoms with Crippen LogP contribution in [0.25, 0.3) is 10.9 Å². The summed E-state index contributed by atoms with van der Waals surface area (Å²) in [5.41, 5.74) is 3.38. The van der Waals surface area contributed by atoms with E-state index in [2.05, 4.69) is 22.0 Å². The Morgan fingerprint density at radius 2 is 1.92 bits per heavy atom. The van der Waals surface area contributed by atoms with E-state index >= 15 is 0 Å². The summed E-state index contributed by atoms with van der Waals surface area (Å²) < 4.78 is 13.9. The largest absolute Gasteiger partial charge is 0.371 e. The van der Waals surface area contributed by atoms with Crippen molar-refractivity contribution in [3.63, 3.8) is 0 Å². The molecule has 1 aliphatic heterocycles. The molecule has 1 fully saturated rings. The number of aromatic amines is 1. The van der Waals surface area contributed by atoms with E-state index in [0.29, 0.717) is 23.1 Å². The Balaban J connectivity index is 1.57. The van der Waals surface area contributed by atoms with Crippen molar-refractivity contribution < 1.29 is 9.18 Å². The van der Waals surface area contributed by atoms with Crippen LogP contribution in [0.3, 0.4) is 0 Å². The van der Waals surface area contributed by atoms with Crippen molar-refractivity contribution >= 4 is 22.5 Å². The van der Waals surface area contributed by atoms with Crippen LogP contribution in [0.4, 0.5) is 10.1 Å². The number of aromatic nitrogens is 1. The molecule has 0 bridgehead atoms. The maximum Gasteiger partial charge on any atom is 0.270 e. The van der Waals surface area contributed by atoms with Gasteiger partial charge in [0.1, 0.15) is 11.5 Å². The van der Waals surface area contributed by atoms with Crippen molar-refractivity contribution in [2.24, 2.45) is 0 Å². The van der Waals surface area contributed by atoms with Crippen LogP contribution in [-0.4, -0.2) is 35.9 Å². The van der Waals surface area contributed by atoms with Crippen molar-refractivity contribution in [1.29, 1.82) is 0 Å². The minimum Gasteiger partial charge on any atom is -0.371 e. The van der Waals surface area contributed by atoms with Crippen molar-refractivity contribution in [2.45, 2.75) is 19.4 Å². The second kappa shape index (κ2) is 6.83. The number of para-hydroxylation sites is 1. The molecule has 0 radical (unpaired) electrons. The molecule has 134 valence electrons. The fourth-order valence-corrected chi connectivity index (χ4v) is 3.68. The van der Waals surface area contributed by atoms with Gasteiger partial charge in [0, 0.05) is 43.3 Å². The van der Waals surface area contributed by atoms with Gasteiger partial charge >= 0.3 is 0 Å². The Labute approximate surface area is 152 Å². The molecular weight excluding hydrogens is 329 g/mol. The van der Waals surface area contributed by atoms with Crippen molar-refractivity contribution in [1.82, 2.24) is 9.88 Å². The zero-order valence-electron chi connectivity index (χ0n) is 14.8. The zero-order chi connectivity index (χ0) is 18.1. The van der Waals surface area contributed by atoms with E-state index in [1.165, 1.54) is 24.6 Å². The molecular formula is C21H22FN3O. The molecule has 0 spiro atoms. The molecule has 5 heteroatoms. The predicted molar refractivity (Wildman–Crippen MR) is 102 cm³/mol. The fourth-order valence-electron chi connectivity index (χ4n) is 3.68. The summed E-state index contributed by atoms with van der Waals surface area (Å²) in [6.45, 7) is 2.65. The van der Waals surface area contributed by atoms with Gasteiger partial charge in [-0.05, 0) is 42.7 Å². The highest BCUT2D eigenvalue weighted by molar-refractivity contribution is 5.98. The highest BCUT2D eigenvalue weighted by Gasteiger charge is 2.19. The highest BCUT2D eigenvalue weighted by atomic mass is 19.1. The number of anilines is 1. The molecule has 1 saturated heterocycles. The second-order valence-electron chi connectivity index (χ2n) is 6.87. The third-order valence-electron chi connectivity index (χ3n) is 5.03. The Hall–Kier alpha value is -2.82. The average molecular weight is 351 g/mol. The summed E-state index contributed by atoms with van der Waals surface area (Å²) in [7, 11) is 1.78. The molecule has 2 aromatic carbocycles. The van der Waals surface area contributed by atoms with E-state index in [4.69, 9.17) is 0 Å². The Morgan fingerprint density at radius 3 is 2.69 bits per heavy atom. The van der Waals surface area contributed by atoms with E-state index < -0.39 is 0 Å². The fraction of sp³-hybridized carbons (Fsp3) is 0.286. The molecule has 26 heavy (non-hydrogen) atoms. The second-order valence-corrected chi connectivity index (χ2v) is 6.87. The number of rotatable bonds is 4. The minimum atomic E-state index is -0.320. The van der Waals surface area contributed by atoms with Crippen molar-refractivity contribution in [3.8, 4) is 0 Å².